The highest BCUT2D eigenvalue weighted by atomic mass is 35.5. The zero-order valence-corrected chi connectivity index (χ0v) is 11.5. The lowest BCUT2D eigenvalue weighted by Crippen LogP contribution is -2.42. The number of anilines is 1. The van der Waals surface area contributed by atoms with Crippen molar-refractivity contribution < 1.29 is 12.8 Å². The summed E-state index contributed by atoms with van der Waals surface area (Å²) in [7, 11) is -3.55. The highest BCUT2D eigenvalue weighted by Crippen LogP contribution is 2.38. The van der Waals surface area contributed by atoms with Crippen molar-refractivity contribution >= 4 is 27.3 Å². The summed E-state index contributed by atoms with van der Waals surface area (Å²) in [5.41, 5.74) is 2.01. The van der Waals surface area contributed by atoms with E-state index in [4.69, 9.17) is 16.0 Å². The quantitative estimate of drug-likeness (QED) is 0.849. The molecular weight excluding hydrogens is 288 g/mol. The van der Waals surface area contributed by atoms with Crippen molar-refractivity contribution in [1.29, 1.82) is 0 Å². The summed E-state index contributed by atoms with van der Waals surface area (Å²) in [5, 5.41) is 3.47. The van der Waals surface area contributed by atoms with Crippen LogP contribution >= 0.6 is 11.6 Å². The number of hydrogen-bond donors (Lipinski definition) is 2. The van der Waals surface area contributed by atoms with Crippen molar-refractivity contribution in [2.75, 3.05) is 5.32 Å². The molecule has 0 amide bonds. The Kier molecular flexibility index (Phi) is 2.81. The van der Waals surface area contributed by atoms with Crippen molar-refractivity contribution in [3.8, 4) is 11.1 Å². The Hall–Kier alpha value is -1.50. The smallest absolute Gasteiger partial charge is 0.244 e. The molecule has 100 valence electrons. The van der Waals surface area contributed by atoms with Gasteiger partial charge in [-0.15, -0.1) is 0 Å². The van der Waals surface area contributed by atoms with Gasteiger partial charge in [0.2, 0.25) is 10.0 Å². The molecule has 0 unspecified atom stereocenters. The molecule has 19 heavy (non-hydrogen) atoms. The summed E-state index contributed by atoms with van der Waals surface area (Å²) >= 11 is 6.01. The van der Waals surface area contributed by atoms with Crippen molar-refractivity contribution in [1.82, 2.24) is 4.72 Å². The Morgan fingerprint density at radius 1 is 1.37 bits per heavy atom. The van der Waals surface area contributed by atoms with Gasteiger partial charge in [-0.25, -0.2) is 8.42 Å². The van der Waals surface area contributed by atoms with E-state index in [1.165, 1.54) is 12.3 Å². The van der Waals surface area contributed by atoms with Crippen LogP contribution in [0, 0.1) is 0 Å². The molecule has 0 bridgehead atoms. The lowest BCUT2D eigenvalue weighted by molar-refractivity contribution is 0.565. The Balaban J connectivity index is 2.32. The fraction of sp³-hybridized carbons (Fsp3) is 0.167. The van der Waals surface area contributed by atoms with Gasteiger partial charge in [-0.2, -0.15) is 4.72 Å². The summed E-state index contributed by atoms with van der Waals surface area (Å²) in [5.74, 6) is 0. The fourth-order valence-electron chi connectivity index (χ4n) is 2.13. The van der Waals surface area contributed by atoms with E-state index in [1.807, 2.05) is 0 Å². The number of benzene rings is 1. The van der Waals surface area contributed by atoms with Crippen molar-refractivity contribution in [2.24, 2.45) is 0 Å². The second-order valence-corrected chi connectivity index (χ2v) is 6.44. The van der Waals surface area contributed by atoms with Gasteiger partial charge < -0.3 is 9.73 Å². The van der Waals surface area contributed by atoms with Crippen molar-refractivity contribution in [3.63, 3.8) is 0 Å². The monoisotopic (exact) mass is 298 g/mol. The van der Waals surface area contributed by atoms with Crippen LogP contribution in [0.1, 0.15) is 6.92 Å². The normalized spacial score (nSPS) is 20.6. The van der Waals surface area contributed by atoms with E-state index in [1.54, 1.807) is 25.3 Å². The molecule has 0 spiro atoms. The molecule has 1 aliphatic heterocycles. The molecule has 5 nitrogen and oxygen atoms in total. The first-order chi connectivity index (χ1) is 8.97. The fourth-order valence-corrected chi connectivity index (χ4v) is 3.78. The summed E-state index contributed by atoms with van der Waals surface area (Å²) in [6.45, 7) is 1.73. The van der Waals surface area contributed by atoms with Gasteiger partial charge in [-0.3, -0.25) is 0 Å². The minimum atomic E-state index is -3.55. The van der Waals surface area contributed by atoms with Crippen LogP contribution in [0.3, 0.4) is 0 Å². The van der Waals surface area contributed by atoms with Gasteiger partial charge in [0.05, 0.1) is 24.4 Å². The number of hydrogen-bond acceptors (Lipinski definition) is 4. The van der Waals surface area contributed by atoms with Crippen LogP contribution in [0.4, 0.5) is 5.69 Å². The van der Waals surface area contributed by atoms with E-state index in [0.717, 1.165) is 5.56 Å². The predicted molar refractivity (Wildman–Crippen MR) is 72.6 cm³/mol. The van der Waals surface area contributed by atoms with E-state index in [-0.39, 0.29) is 11.1 Å². The third kappa shape index (κ3) is 2.11. The highest BCUT2D eigenvalue weighted by Gasteiger charge is 2.29. The van der Waals surface area contributed by atoms with Crippen LogP contribution in [-0.4, -0.2) is 14.6 Å². The minimum absolute atomic E-state index is 0.148. The maximum atomic E-state index is 12.1. The molecule has 2 aromatic rings. The molecule has 7 heteroatoms. The Morgan fingerprint density at radius 2 is 2.16 bits per heavy atom. The van der Waals surface area contributed by atoms with E-state index in [0.29, 0.717) is 16.3 Å². The molecule has 1 aliphatic rings. The molecule has 0 aliphatic carbocycles. The number of halogens is 1. The summed E-state index contributed by atoms with van der Waals surface area (Å²) in [6.07, 6.45) is 2.69. The predicted octanol–water partition coefficient (Wildman–Crippen LogP) is 2.65. The average Bonchev–Trinajstić information content (AvgIpc) is 2.82. The Bertz CT molecular complexity index is 726. The minimum Gasteiger partial charge on any atom is -0.472 e. The van der Waals surface area contributed by atoms with Crippen LogP contribution in [0.5, 0.6) is 0 Å². The van der Waals surface area contributed by atoms with Crippen molar-refractivity contribution in [3.05, 3.63) is 35.7 Å². The average molecular weight is 299 g/mol. The molecule has 1 aromatic carbocycles. The zero-order chi connectivity index (χ0) is 13.6. The first kappa shape index (κ1) is 12.5. The molecule has 1 atom stereocenters. The SMILES string of the molecule is C[C@@H]1Nc2c(-c3ccoc3)cc(Cl)cc2S(=O)(=O)N1. The van der Waals surface area contributed by atoms with Crippen LogP contribution in [0.25, 0.3) is 11.1 Å². The van der Waals surface area contributed by atoms with Gasteiger partial charge in [0.25, 0.3) is 0 Å². The van der Waals surface area contributed by atoms with Gasteiger partial charge in [0.1, 0.15) is 4.90 Å². The first-order valence-corrected chi connectivity index (χ1v) is 7.48. The number of sulfonamides is 1. The largest absolute Gasteiger partial charge is 0.472 e. The third-order valence-corrected chi connectivity index (χ3v) is 4.66. The molecule has 0 radical (unpaired) electrons. The van der Waals surface area contributed by atoms with Gasteiger partial charge in [-0.1, -0.05) is 11.6 Å². The van der Waals surface area contributed by atoms with Gasteiger partial charge in [-0.05, 0) is 25.1 Å². The second-order valence-electron chi connectivity index (χ2n) is 4.33. The summed E-state index contributed by atoms with van der Waals surface area (Å²) < 4.78 is 31.8. The zero-order valence-electron chi connectivity index (χ0n) is 9.98. The standard InChI is InChI=1S/C12H11ClN2O3S/c1-7-14-12-10(8-2-3-18-6-8)4-9(13)5-11(12)19(16,17)15-7/h2-7,14-15H,1H3/t7-/m1/s1. The van der Waals surface area contributed by atoms with Gasteiger partial charge >= 0.3 is 0 Å². The summed E-state index contributed by atoms with van der Waals surface area (Å²) in [6, 6.07) is 4.90. The number of furan rings is 1. The van der Waals surface area contributed by atoms with Crippen molar-refractivity contribution in [2.45, 2.75) is 18.0 Å². The molecule has 2 heterocycles. The third-order valence-electron chi connectivity index (χ3n) is 2.88. The lowest BCUT2D eigenvalue weighted by atomic mass is 10.1. The Labute approximate surface area is 115 Å². The topological polar surface area (TPSA) is 71.3 Å². The maximum absolute atomic E-state index is 12.1. The molecule has 2 N–H and O–H groups in total. The highest BCUT2D eigenvalue weighted by molar-refractivity contribution is 7.89. The lowest BCUT2D eigenvalue weighted by Gasteiger charge is -2.27. The molecule has 0 saturated carbocycles. The van der Waals surface area contributed by atoms with Gasteiger partial charge in [0.15, 0.2) is 0 Å². The number of rotatable bonds is 1. The molecule has 0 fully saturated rings. The number of fused-ring (bicyclic) bond motifs is 1. The van der Waals surface area contributed by atoms with E-state index in [9.17, 15) is 8.42 Å². The maximum Gasteiger partial charge on any atom is 0.244 e. The van der Waals surface area contributed by atoms with E-state index >= 15 is 0 Å². The van der Waals surface area contributed by atoms with Crippen LogP contribution in [0.2, 0.25) is 5.02 Å². The van der Waals surface area contributed by atoms with Gasteiger partial charge in [0, 0.05) is 16.1 Å². The first-order valence-electron chi connectivity index (χ1n) is 5.62. The van der Waals surface area contributed by atoms with E-state index in [2.05, 4.69) is 10.0 Å². The molecule has 3 rings (SSSR count). The number of nitrogens with one attached hydrogen (secondary N) is 2. The van der Waals surface area contributed by atoms with Crippen LogP contribution < -0.4 is 10.0 Å². The van der Waals surface area contributed by atoms with Crippen LogP contribution in [-0.2, 0) is 10.0 Å². The molecular formula is C12H11ClN2O3S. The Morgan fingerprint density at radius 3 is 2.84 bits per heavy atom. The summed E-state index contributed by atoms with van der Waals surface area (Å²) in [4.78, 5) is 0.148. The second kappa shape index (κ2) is 4.26. The molecule has 0 saturated heterocycles. The van der Waals surface area contributed by atoms with Crippen LogP contribution in [0.15, 0.2) is 40.0 Å². The molecule has 1 aromatic heterocycles. The van der Waals surface area contributed by atoms with E-state index < -0.39 is 10.0 Å².